The van der Waals surface area contributed by atoms with Crippen LogP contribution in [0.25, 0.3) is 0 Å². The van der Waals surface area contributed by atoms with Crippen LogP contribution in [0.4, 0.5) is 5.13 Å². The topological polar surface area (TPSA) is 56.3 Å². The predicted molar refractivity (Wildman–Crippen MR) is 64.9 cm³/mol. The number of ether oxygens (including phenoxy) is 2. The molecule has 1 atom stereocenters. The van der Waals surface area contributed by atoms with Crippen molar-refractivity contribution in [3.8, 4) is 0 Å². The first-order valence-electron chi connectivity index (χ1n) is 5.28. The minimum Gasteiger partial charge on any atom is -0.383 e. The summed E-state index contributed by atoms with van der Waals surface area (Å²) in [5, 5.41) is 3.96. The summed E-state index contributed by atoms with van der Waals surface area (Å²) in [6.07, 6.45) is -0.0331. The summed E-state index contributed by atoms with van der Waals surface area (Å²) in [6, 6.07) is 0. The summed E-state index contributed by atoms with van der Waals surface area (Å²) in [7, 11) is 3.36. The Hall–Kier alpha value is -0.720. The fraction of sp³-hybridized carbons (Fsp3) is 0.800. The normalized spacial score (nSPS) is 13.1. The van der Waals surface area contributed by atoms with Crippen molar-refractivity contribution in [2.45, 2.75) is 20.0 Å². The van der Waals surface area contributed by atoms with Crippen molar-refractivity contribution >= 4 is 16.7 Å². The van der Waals surface area contributed by atoms with E-state index >= 15 is 0 Å². The first kappa shape index (κ1) is 13.3. The van der Waals surface area contributed by atoms with Gasteiger partial charge in [-0.15, -0.1) is 0 Å². The predicted octanol–water partition coefficient (Wildman–Crippen LogP) is 1.94. The molecule has 0 aliphatic rings. The Morgan fingerprint density at radius 2 is 2.12 bits per heavy atom. The van der Waals surface area contributed by atoms with Crippen molar-refractivity contribution in [2.75, 3.05) is 32.7 Å². The van der Waals surface area contributed by atoms with Crippen molar-refractivity contribution in [3.05, 3.63) is 5.82 Å². The number of nitrogens with zero attached hydrogens (tertiary/aromatic N) is 2. The van der Waals surface area contributed by atoms with Gasteiger partial charge in [0.15, 0.2) is 5.82 Å². The van der Waals surface area contributed by atoms with Gasteiger partial charge in [-0.2, -0.15) is 4.37 Å². The Labute approximate surface area is 100 Å². The summed E-state index contributed by atoms with van der Waals surface area (Å²) in [6.45, 7) is 5.58. The number of methoxy groups -OCH3 is 2. The molecule has 5 nitrogen and oxygen atoms in total. The molecule has 0 aliphatic heterocycles. The molecule has 92 valence electrons. The molecule has 1 unspecified atom stereocenters. The molecule has 1 aromatic rings. The van der Waals surface area contributed by atoms with Crippen LogP contribution in [0, 0.1) is 5.92 Å². The summed E-state index contributed by atoms with van der Waals surface area (Å²) < 4.78 is 14.6. The molecular formula is C10H19N3O2S. The van der Waals surface area contributed by atoms with Crippen LogP contribution < -0.4 is 5.32 Å². The SMILES string of the molecule is COCCNc1nc(C(OC)C(C)C)ns1. The summed E-state index contributed by atoms with van der Waals surface area (Å²) >= 11 is 1.35. The maximum absolute atomic E-state index is 5.37. The molecule has 0 bridgehead atoms. The van der Waals surface area contributed by atoms with E-state index in [1.807, 2.05) is 0 Å². The number of hydrogen-bond donors (Lipinski definition) is 1. The molecule has 0 saturated carbocycles. The fourth-order valence-electron chi connectivity index (χ4n) is 1.36. The second-order valence-electron chi connectivity index (χ2n) is 3.78. The van der Waals surface area contributed by atoms with E-state index in [4.69, 9.17) is 9.47 Å². The first-order valence-corrected chi connectivity index (χ1v) is 6.05. The molecule has 6 heteroatoms. The summed E-state index contributed by atoms with van der Waals surface area (Å²) in [5.41, 5.74) is 0. The third-order valence-corrected chi connectivity index (χ3v) is 2.82. The molecule has 0 amide bonds. The highest BCUT2D eigenvalue weighted by Crippen LogP contribution is 2.25. The highest BCUT2D eigenvalue weighted by Gasteiger charge is 2.19. The number of aromatic nitrogens is 2. The molecule has 0 aromatic carbocycles. The van der Waals surface area contributed by atoms with Crippen molar-refractivity contribution < 1.29 is 9.47 Å². The van der Waals surface area contributed by atoms with Gasteiger partial charge < -0.3 is 14.8 Å². The van der Waals surface area contributed by atoms with Crippen LogP contribution in [0.3, 0.4) is 0 Å². The lowest BCUT2D eigenvalue weighted by Gasteiger charge is -2.15. The van der Waals surface area contributed by atoms with Crippen LogP contribution in [0.5, 0.6) is 0 Å². The van der Waals surface area contributed by atoms with Gasteiger partial charge in [-0.1, -0.05) is 13.8 Å². The lowest BCUT2D eigenvalue weighted by atomic mass is 10.1. The van der Waals surface area contributed by atoms with Gasteiger partial charge in [0.25, 0.3) is 0 Å². The highest BCUT2D eigenvalue weighted by molar-refractivity contribution is 7.09. The molecule has 1 heterocycles. The van der Waals surface area contributed by atoms with E-state index in [2.05, 4.69) is 28.5 Å². The zero-order valence-corrected chi connectivity index (χ0v) is 11.0. The van der Waals surface area contributed by atoms with Crippen LogP contribution in [-0.4, -0.2) is 36.7 Å². The van der Waals surface area contributed by atoms with Gasteiger partial charge in [0.05, 0.1) is 6.61 Å². The second-order valence-corrected chi connectivity index (χ2v) is 4.53. The van der Waals surface area contributed by atoms with Gasteiger partial charge >= 0.3 is 0 Å². The Morgan fingerprint density at radius 3 is 2.69 bits per heavy atom. The zero-order chi connectivity index (χ0) is 12.0. The monoisotopic (exact) mass is 245 g/mol. The zero-order valence-electron chi connectivity index (χ0n) is 10.2. The van der Waals surface area contributed by atoms with Crippen LogP contribution in [0.1, 0.15) is 25.8 Å². The highest BCUT2D eigenvalue weighted by atomic mass is 32.1. The minimum absolute atomic E-state index is 0.0331. The van der Waals surface area contributed by atoms with E-state index in [0.717, 1.165) is 17.5 Å². The largest absolute Gasteiger partial charge is 0.383 e. The van der Waals surface area contributed by atoms with Crippen LogP contribution in [0.15, 0.2) is 0 Å². The molecule has 0 saturated heterocycles. The third-order valence-electron chi connectivity index (χ3n) is 2.14. The van der Waals surface area contributed by atoms with E-state index in [1.165, 1.54) is 11.5 Å². The molecule has 0 fully saturated rings. The van der Waals surface area contributed by atoms with Gasteiger partial charge in [-0.25, -0.2) is 4.98 Å². The van der Waals surface area contributed by atoms with Crippen molar-refractivity contribution in [2.24, 2.45) is 5.92 Å². The molecule has 0 radical (unpaired) electrons. The Morgan fingerprint density at radius 1 is 1.38 bits per heavy atom. The molecule has 0 spiro atoms. The average Bonchev–Trinajstić information content (AvgIpc) is 2.67. The van der Waals surface area contributed by atoms with Crippen molar-refractivity contribution in [1.82, 2.24) is 9.36 Å². The van der Waals surface area contributed by atoms with E-state index in [0.29, 0.717) is 12.5 Å². The van der Waals surface area contributed by atoms with Crippen LogP contribution >= 0.6 is 11.5 Å². The van der Waals surface area contributed by atoms with Gasteiger partial charge in [0.1, 0.15) is 6.10 Å². The third kappa shape index (κ3) is 3.70. The molecule has 1 aromatic heterocycles. The first-order chi connectivity index (χ1) is 7.69. The Kier molecular flexibility index (Phi) is 5.65. The quantitative estimate of drug-likeness (QED) is 0.744. The maximum atomic E-state index is 5.37. The number of anilines is 1. The number of rotatable bonds is 7. The molecule has 1 rings (SSSR count). The lowest BCUT2D eigenvalue weighted by Crippen LogP contribution is -2.11. The van der Waals surface area contributed by atoms with Gasteiger partial charge in [0.2, 0.25) is 5.13 Å². The number of nitrogens with one attached hydrogen (secondary N) is 1. The van der Waals surface area contributed by atoms with Crippen molar-refractivity contribution in [3.63, 3.8) is 0 Å². The van der Waals surface area contributed by atoms with Crippen molar-refractivity contribution in [1.29, 1.82) is 0 Å². The Balaban J connectivity index is 2.55. The number of hydrogen-bond acceptors (Lipinski definition) is 6. The van der Waals surface area contributed by atoms with E-state index < -0.39 is 0 Å². The van der Waals surface area contributed by atoms with Gasteiger partial charge in [0, 0.05) is 32.3 Å². The molecule has 16 heavy (non-hydrogen) atoms. The standard InChI is InChI=1S/C10H19N3O2S/c1-7(2)8(15-4)9-12-10(16-13-9)11-5-6-14-3/h7-8H,5-6H2,1-4H3,(H,11,12,13). The molecule has 0 aliphatic carbocycles. The summed E-state index contributed by atoms with van der Waals surface area (Å²) in [5.74, 6) is 1.12. The van der Waals surface area contributed by atoms with Gasteiger partial charge in [-0.05, 0) is 5.92 Å². The lowest BCUT2D eigenvalue weighted by molar-refractivity contribution is 0.0585. The fourth-order valence-corrected chi connectivity index (χ4v) is 1.98. The van der Waals surface area contributed by atoms with Crippen LogP contribution in [-0.2, 0) is 9.47 Å². The minimum atomic E-state index is -0.0331. The maximum Gasteiger partial charge on any atom is 0.202 e. The van der Waals surface area contributed by atoms with E-state index in [9.17, 15) is 0 Å². The smallest absolute Gasteiger partial charge is 0.202 e. The second kappa shape index (κ2) is 6.78. The average molecular weight is 245 g/mol. The summed E-state index contributed by atoms with van der Waals surface area (Å²) in [4.78, 5) is 4.39. The Bertz CT molecular complexity index is 304. The van der Waals surface area contributed by atoms with E-state index in [-0.39, 0.29) is 6.10 Å². The molecule has 1 N–H and O–H groups in total. The van der Waals surface area contributed by atoms with Gasteiger partial charge in [-0.3, -0.25) is 0 Å². The van der Waals surface area contributed by atoms with E-state index in [1.54, 1.807) is 14.2 Å². The van der Waals surface area contributed by atoms with Crippen LogP contribution in [0.2, 0.25) is 0 Å². The molecular weight excluding hydrogens is 226 g/mol.